The van der Waals surface area contributed by atoms with Gasteiger partial charge in [0.2, 0.25) is 0 Å². The number of halogens is 1. The summed E-state index contributed by atoms with van der Waals surface area (Å²) in [6.07, 6.45) is 1.62. The second-order valence-electron chi connectivity index (χ2n) is 5.28. The van der Waals surface area contributed by atoms with Crippen LogP contribution in [-0.4, -0.2) is 16.7 Å². The smallest absolute Gasteiger partial charge is 0.271 e. The van der Waals surface area contributed by atoms with Gasteiger partial charge in [0.25, 0.3) is 5.91 Å². The van der Waals surface area contributed by atoms with Gasteiger partial charge in [0.05, 0.1) is 6.21 Å². The Kier molecular flexibility index (Phi) is 3.93. The number of carbonyl (C=O) groups is 1. The summed E-state index contributed by atoms with van der Waals surface area (Å²) < 4.78 is 15.2. The molecular weight excluding hydrogens is 293 g/mol. The minimum atomic E-state index is -0.452. The van der Waals surface area contributed by atoms with E-state index in [1.807, 2.05) is 38.2 Å². The SMILES string of the molecule is Cc1c(/C=N\NC(=O)c2cccc(F)c2)c2ccccc2n1C. The molecule has 116 valence electrons. The summed E-state index contributed by atoms with van der Waals surface area (Å²) in [6, 6.07) is 13.5. The monoisotopic (exact) mass is 309 g/mol. The minimum Gasteiger partial charge on any atom is -0.347 e. The molecule has 0 spiro atoms. The highest BCUT2D eigenvalue weighted by Crippen LogP contribution is 2.22. The van der Waals surface area contributed by atoms with Crippen LogP contribution in [0.5, 0.6) is 0 Å². The van der Waals surface area contributed by atoms with Crippen molar-refractivity contribution in [2.75, 3.05) is 0 Å². The van der Waals surface area contributed by atoms with Crippen LogP contribution in [0.1, 0.15) is 21.6 Å². The Morgan fingerprint density at radius 1 is 1.22 bits per heavy atom. The van der Waals surface area contributed by atoms with E-state index in [0.717, 1.165) is 22.2 Å². The van der Waals surface area contributed by atoms with Crippen molar-refractivity contribution >= 4 is 23.0 Å². The van der Waals surface area contributed by atoms with E-state index in [1.165, 1.54) is 24.3 Å². The van der Waals surface area contributed by atoms with Crippen LogP contribution >= 0.6 is 0 Å². The van der Waals surface area contributed by atoms with Crippen LogP contribution in [0.3, 0.4) is 0 Å². The topological polar surface area (TPSA) is 46.4 Å². The van der Waals surface area contributed by atoms with Crippen LogP contribution in [0, 0.1) is 12.7 Å². The highest BCUT2D eigenvalue weighted by Gasteiger charge is 2.10. The highest BCUT2D eigenvalue weighted by atomic mass is 19.1. The molecule has 3 aromatic rings. The van der Waals surface area contributed by atoms with E-state index in [-0.39, 0.29) is 5.56 Å². The average Bonchev–Trinajstić information content (AvgIpc) is 2.80. The zero-order valence-electron chi connectivity index (χ0n) is 12.9. The quantitative estimate of drug-likeness (QED) is 0.585. The van der Waals surface area contributed by atoms with E-state index < -0.39 is 11.7 Å². The lowest BCUT2D eigenvalue weighted by Gasteiger charge is -2.00. The highest BCUT2D eigenvalue weighted by molar-refractivity contribution is 6.02. The predicted octanol–water partition coefficient (Wildman–Crippen LogP) is 3.39. The molecule has 1 aromatic heterocycles. The first-order chi connectivity index (χ1) is 11.1. The van der Waals surface area contributed by atoms with Gasteiger partial charge in [0.1, 0.15) is 5.82 Å². The Morgan fingerprint density at radius 3 is 2.78 bits per heavy atom. The Morgan fingerprint density at radius 2 is 2.00 bits per heavy atom. The number of nitrogens with zero attached hydrogens (tertiary/aromatic N) is 2. The number of aryl methyl sites for hydroxylation is 1. The van der Waals surface area contributed by atoms with E-state index in [0.29, 0.717) is 0 Å². The van der Waals surface area contributed by atoms with Gasteiger partial charge in [0.15, 0.2) is 0 Å². The molecule has 5 heteroatoms. The van der Waals surface area contributed by atoms with E-state index in [1.54, 1.807) is 6.21 Å². The molecule has 23 heavy (non-hydrogen) atoms. The number of nitrogens with one attached hydrogen (secondary N) is 1. The Bertz CT molecular complexity index is 912. The molecular formula is C18H16FN3O. The predicted molar refractivity (Wildman–Crippen MR) is 89.1 cm³/mol. The first-order valence-electron chi connectivity index (χ1n) is 7.21. The standard InChI is InChI=1S/C18H16FN3O/c1-12-16(15-8-3-4-9-17(15)22(12)2)11-20-21-18(23)13-6-5-7-14(19)10-13/h3-11H,1-2H3,(H,21,23)/b20-11-. The van der Waals surface area contributed by atoms with Gasteiger partial charge >= 0.3 is 0 Å². The van der Waals surface area contributed by atoms with Gasteiger partial charge in [-0.1, -0.05) is 24.3 Å². The van der Waals surface area contributed by atoms with Crippen molar-refractivity contribution < 1.29 is 9.18 Å². The van der Waals surface area contributed by atoms with Crippen LogP contribution in [0.15, 0.2) is 53.6 Å². The second-order valence-corrected chi connectivity index (χ2v) is 5.28. The van der Waals surface area contributed by atoms with Crippen LogP contribution in [0.25, 0.3) is 10.9 Å². The molecule has 0 aliphatic rings. The average molecular weight is 309 g/mol. The zero-order valence-corrected chi connectivity index (χ0v) is 12.9. The van der Waals surface area contributed by atoms with Crippen molar-refractivity contribution in [3.05, 3.63) is 71.2 Å². The molecule has 1 amide bonds. The number of para-hydroxylation sites is 1. The number of fused-ring (bicyclic) bond motifs is 1. The maximum atomic E-state index is 13.1. The van der Waals surface area contributed by atoms with Crippen molar-refractivity contribution in [2.24, 2.45) is 12.1 Å². The third kappa shape index (κ3) is 2.85. The largest absolute Gasteiger partial charge is 0.347 e. The summed E-state index contributed by atoms with van der Waals surface area (Å²) in [7, 11) is 1.99. The Hall–Kier alpha value is -2.95. The number of aromatic nitrogens is 1. The molecule has 4 nitrogen and oxygen atoms in total. The third-order valence-electron chi connectivity index (χ3n) is 3.90. The summed E-state index contributed by atoms with van der Waals surface area (Å²) in [6.45, 7) is 2.00. The van der Waals surface area contributed by atoms with Crippen molar-refractivity contribution in [2.45, 2.75) is 6.92 Å². The van der Waals surface area contributed by atoms with Gasteiger partial charge in [-0.05, 0) is 31.2 Å². The maximum Gasteiger partial charge on any atom is 0.271 e. The van der Waals surface area contributed by atoms with E-state index in [2.05, 4.69) is 15.1 Å². The van der Waals surface area contributed by atoms with Gasteiger partial charge in [-0.2, -0.15) is 5.10 Å². The van der Waals surface area contributed by atoms with Gasteiger partial charge in [-0.3, -0.25) is 4.79 Å². The lowest BCUT2D eigenvalue weighted by molar-refractivity contribution is 0.0954. The molecule has 0 bridgehead atoms. The molecule has 3 rings (SSSR count). The summed E-state index contributed by atoms with van der Waals surface area (Å²) in [5.41, 5.74) is 5.76. The number of benzene rings is 2. The minimum absolute atomic E-state index is 0.233. The van der Waals surface area contributed by atoms with E-state index in [4.69, 9.17) is 0 Å². The fourth-order valence-corrected chi connectivity index (χ4v) is 2.56. The molecule has 2 aromatic carbocycles. The van der Waals surface area contributed by atoms with Crippen LogP contribution < -0.4 is 5.43 Å². The zero-order chi connectivity index (χ0) is 16.4. The molecule has 1 heterocycles. The van der Waals surface area contributed by atoms with Gasteiger partial charge < -0.3 is 4.57 Å². The molecule has 1 N–H and O–H groups in total. The number of hydrogen-bond acceptors (Lipinski definition) is 2. The normalized spacial score (nSPS) is 11.3. The van der Waals surface area contributed by atoms with Crippen LogP contribution in [0.4, 0.5) is 4.39 Å². The van der Waals surface area contributed by atoms with E-state index in [9.17, 15) is 9.18 Å². The molecule has 0 aliphatic carbocycles. The summed E-state index contributed by atoms with van der Waals surface area (Å²) in [4.78, 5) is 11.9. The molecule has 0 unspecified atom stereocenters. The molecule has 0 fully saturated rings. The van der Waals surface area contributed by atoms with Crippen molar-refractivity contribution in [3.63, 3.8) is 0 Å². The van der Waals surface area contributed by atoms with Crippen molar-refractivity contribution in [3.8, 4) is 0 Å². The first-order valence-corrected chi connectivity index (χ1v) is 7.21. The van der Waals surface area contributed by atoms with Gasteiger partial charge in [-0.25, -0.2) is 9.82 Å². The van der Waals surface area contributed by atoms with Crippen LogP contribution in [0.2, 0.25) is 0 Å². The fourth-order valence-electron chi connectivity index (χ4n) is 2.56. The lowest BCUT2D eigenvalue weighted by atomic mass is 10.1. The van der Waals surface area contributed by atoms with E-state index >= 15 is 0 Å². The maximum absolute atomic E-state index is 13.1. The number of hydrazone groups is 1. The third-order valence-corrected chi connectivity index (χ3v) is 3.90. The van der Waals surface area contributed by atoms with Gasteiger partial charge in [-0.15, -0.1) is 0 Å². The molecule has 0 aliphatic heterocycles. The summed E-state index contributed by atoms with van der Waals surface area (Å²) in [5, 5.41) is 5.08. The Balaban J connectivity index is 1.84. The van der Waals surface area contributed by atoms with Crippen molar-refractivity contribution in [1.29, 1.82) is 0 Å². The second kappa shape index (κ2) is 6.04. The first kappa shape index (κ1) is 15.0. The molecule has 0 radical (unpaired) electrons. The molecule has 0 atom stereocenters. The number of rotatable bonds is 3. The number of carbonyl (C=O) groups excluding carboxylic acids is 1. The van der Waals surface area contributed by atoms with Crippen LogP contribution in [-0.2, 0) is 7.05 Å². The summed E-state index contributed by atoms with van der Waals surface area (Å²) >= 11 is 0. The summed E-state index contributed by atoms with van der Waals surface area (Å²) in [5.74, 6) is -0.898. The lowest BCUT2D eigenvalue weighted by Crippen LogP contribution is -2.17. The fraction of sp³-hybridized carbons (Fsp3) is 0.111. The Labute approximate surface area is 133 Å². The van der Waals surface area contributed by atoms with Gasteiger partial charge in [0, 0.05) is 34.8 Å². The molecule has 0 saturated heterocycles. The number of amides is 1. The number of hydrogen-bond donors (Lipinski definition) is 1. The van der Waals surface area contributed by atoms with Crippen molar-refractivity contribution in [1.82, 2.24) is 9.99 Å². The molecule has 0 saturated carbocycles.